The molecule has 4 nitrogen and oxygen atoms in total. The van der Waals surface area contributed by atoms with Crippen molar-refractivity contribution in [2.24, 2.45) is 0 Å². The summed E-state index contributed by atoms with van der Waals surface area (Å²) in [6, 6.07) is 21.8. The van der Waals surface area contributed by atoms with Gasteiger partial charge in [0.25, 0.3) is 0 Å². The molecule has 1 unspecified atom stereocenters. The molecule has 0 amide bonds. The second kappa shape index (κ2) is 6.72. The maximum absolute atomic E-state index is 11.8. The van der Waals surface area contributed by atoms with Crippen molar-refractivity contribution in [3.63, 3.8) is 0 Å². The lowest BCUT2D eigenvalue weighted by Gasteiger charge is -2.25. The fraction of sp³-hybridized carbons (Fsp3) is 0.150. The lowest BCUT2D eigenvalue weighted by Crippen LogP contribution is -2.37. The maximum atomic E-state index is 11.8. The maximum Gasteiger partial charge on any atom is 0.340 e. The van der Waals surface area contributed by atoms with Crippen LogP contribution < -0.4 is 4.74 Å². The first-order chi connectivity index (χ1) is 11.6. The number of rotatable bonds is 6. The molecule has 1 atom stereocenters. The van der Waals surface area contributed by atoms with Crippen molar-refractivity contribution in [3.8, 4) is 5.75 Å². The van der Waals surface area contributed by atoms with Gasteiger partial charge >= 0.3 is 5.97 Å². The lowest BCUT2D eigenvalue weighted by molar-refractivity contribution is -0.161. The molecule has 0 aliphatic heterocycles. The Morgan fingerprint density at radius 2 is 1.58 bits per heavy atom. The fourth-order valence-electron chi connectivity index (χ4n) is 2.78. The molecule has 0 saturated heterocycles. The first-order valence-electron chi connectivity index (χ1n) is 7.73. The predicted octanol–water partition coefficient (Wildman–Crippen LogP) is 3.58. The summed E-state index contributed by atoms with van der Waals surface area (Å²) in [6.07, 6.45) is -0.0504. The molecule has 2 N–H and O–H groups in total. The van der Waals surface area contributed by atoms with Gasteiger partial charge in [0.05, 0.1) is 6.61 Å². The van der Waals surface area contributed by atoms with Gasteiger partial charge < -0.3 is 14.9 Å². The number of hydrogen-bond acceptors (Lipinski definition) is 3. The Kier molecular flexibility index (Phi) is 4.49. The molecule has 3 aromatic carbocycles. The van der Waals surface area contributed by atoms with E-state index < -0.39 is 11.6 Å². The summed E-state index contributed by atoms with van der Waals surface area (Å²) in [5.41, 5.74) is -1.62. The van der Waals surface area contributed by atoms with E-state index in [0.29, 0.717) is 11.3 Å². The summed E-state index contributed by atoms with van der Waals surface area (Å²) in [5, 5.41) is 22.1. The number of benzene rings is 3. The van der Waals surface area contributed by atoms with Gasteiger partial charge in [-0.3, -0.25) is 0 Å². The van der Waals surface area contributed by atoms with Crippen molar-refractivity contribution in [2.75, 3.05) is 6.61 Å². The molecule has 24 heavy (non-hydrogen) atoms. The SMILES string of the molecule is O=C(O)C(O)(CCOc1ccccc1)c1cccc2ccccc12. The highest BCUT2D eigenvalue weighted by molar-refractivity contribution is 5.92. The molecule has 4 heteroatoms. The molecule has 0 fully saturated rings. The van der Waals surface area contributed by atoms with Crippen molar-refractivity contribution >= 4 is 16.7 Å². The molecular weight excluding hydrogens is 304 g/mol. The van der Waals surface area contributed by atoms with Crippen molar-refractivity contribution < 1.29 is 19.7 Å². The molecule has 0 saturated carbocycles. The van der Waals surface area contributed by atoms with Crippen LogP contribution in [0.3, 0.4) is 0 Å². The zero-order chi connectivity index (χ0) is 17.0. The van der Waals surface area contributed by atoms with Crippen LogP contribution in [0.25, 0.3) is 10.8 Å². The van der Waals surface area contributed by atoms with Gasteiger partial charge in [0.15, 0.2) is 5.60 Å². The van der Waals surface area contributed by atoms with E-state index in [2.05, 4.69) is 0 Å². The van der Waals surface area contributed by atoms with Gasteiger partial charge in [-0.1, -0.05) is 60.7 Å². The van der Waals surface area contributed by atoms with Crippen molar-refractivity contribution in [1.29, 1.82) is 0 Å². The van der Waals surface area contributed by atoms with Crippen LogP contribution in [0.15, 0.2) is 72.8 Å². The van der Waals surface area contributed by atoms with Crippen LogP contribution in [0.1, 0.15) is 12.0 Å². The number of aliphatic hydroxyl groups is 1. The van der Waals surface area contributed by atoms with Crippen molar-refractivity contribution in [3.05, 3.63) is 78.4 Å². The monoisotopic (exact) mass is 322 g/mol. The third-order valence-electron chi connectivity index (χ3n) is 4.06. The molecule has 0 heterocycles. The highest BCUT2D eigenvalue weighted by Crippen LogP contribution is 2.32. The average Bonchev–Trinajstić information content (AvgIpc) is 2.62. The number of fused-ring (bicyclic) bond motifs is 1. The normalized spacial score (nSPS) is 13.4. The van der Waals surface area contributed by atoms with E-state index in [-0.39, 0.29) is 13.0 Å². The highest BCUT2D eigenvalue weighted by atomic mass is 16.5. The Bertz CT molecular complexity index is 839. The average molecular weight is 322 g/mol. The van der Waals surface area contributed by atoms with E-state index in [0.717, 1.165) is 10.8 Å². The summed E-state index contributed by atoms with van der Waals surface area (Å²) in [7, 11) is 0. The minimum Gasteiger partial charge on any atom is -0.493 e. The minimum absolute atomic E-state index is 0.0504. The minimum atomic E-state index is -2.00. The van der Waals surface area contributed by atoms with Crippen LogP contribution in [0, 0.1) is 0 Å². The van der Waals surface area contributed by atoms with E-state index in [1.165, 1.54) is 0 Å². The topological polar surface area (TPSA) is 66.8 Å². The van der Waals surface area contributed by atoms with Gasteiger partial charge in [-0.2, -0.15) is 0 Å². The quantitative estimate of drug-likeness (QED) is 0.728. The Labute approximate surface area is 139 Å². The van der Waals surface area contributed by atoms with Crippen molar-refractivity contribution in [1.82, 2.24) is 0 Å². The second-order valence-electron chi connectivity index (χ2n) is 5.60. The molecule has 122 valence electrons. The summed E-state index contributed by atoms with van der Waals surface area (Å²) < 4.78 is 5.56. The molecule has 0 aliphatic rings. The number of carboxylic acids is 1. The summed E-state index contributed by atoms with van der Waals surface area (Å²) >= 11 is 0. The van der Waals surface area contributed by atoms with Crippen LogP contribution in [0.4, 0.5) is 0 Å². The second-order valence-corrected chi connectivity index (χ2v) is 5.60. The zero-order valence-electron chi connectivity index (χ0n) is 13.1. The number of para-hydroxylation sites is 1. The van der Waals surface area contributed by atoms with E-state index in [4.69, 9.17) is 4.74 Å². The summed E-state index contributed by atoms with van der Waals surface area (Å²) in [5.74, 6) is -0.640. The number of aliphatic carboxylic acids is 1. The Balaban J connectivity index is 1.88. The van der Waals surface area contributed by atoms with Gasteiger partial charge in [0, 0.05) is 12.0 Å². The number of hydrogen-bond donors (Lipinski definition) is 2. The van der Waals surface area contributed by atoms with E-state index >= 15 is 0 Å². The first-order valence-corrected chi connectivity index (χ1v) is 7.73. The van der Waals surface area contributed by atoms with E-state index in [9.17, 15) is 15.0 Å². The lowest BCUT2D eigenvalue weighted by atomic mass is 9.87. The number of ether oxygens (including phenoxy) is 1. The Morgan fingerprint density at radius 1 is 0.917 bits per heavy atom. The Morgan fingerprint density at radius 3 is 2.33 bits per heavy atom. The largest absolute Gasteiger partial charge is 0.493 e. The smallest absolute Gasteiger partial charge is 0.340 e. The van der Waals surface area contributed by atoms with Crippen LogP contribution in [-0.4, -0.2) is 22.8 Å². The van der Waals surface area contributed by atoms with E-state index in [1.807, 2.05) is 48.5 Å². The molecule has 0 aliphatic carbocycles. The van der Waals surface area contributed by atoms with Crippen LogP contribution in [-0.2, 0) is 10.4 Å². The molecule has 0 spiro atoms. The molecule has 3 rings (SSSR count). The third-order valence-corrected chi connectivity index (χ3v) is 4.06. The van der Waals surface area contributed by atoms with Crippen LogP contribution in [0.5, 0.6) is 5.75 Å². The van der Waals surface area contributed by atoms with Crippen LogP contribution in [0.2, 0.25) is 0 Å². The zero-order valence-corrected chi connectivity index (χ0v) is 13.1. The van der Waals surface area contributed by atoms with Gasteiger partial charge in [-0.15, -0.1) is 0 Å². The van der Waals surface area contributed by atoms with Crippen LogP contribution >= 0.6 is 0 Å². The molecule has 0 aromatic heterocycles. The van der Waals surface area contributed by atoms with Crippen molar-refractivity contribution in [2.45, 2.75) is 12.0 Å². The van der Waals surface area contributed by atoms with Gasteiger partial charge in [0.2, 0.25) is 0 Å². The number of carbonyl (C=O) groups is 1. The molecular formula is C20H18O4. The Hall–Kier alpha value is -2.85. The predicted molar refractivity (Wildman–Crippen MR) is 92.0 cm³/mol. The third kappa shape index (κ3) is 3.09. The molecule has 0 bridgehead atoms. The molecule has 3 aromatic rings. The highest BCUT2D eigenvalue weighted by Gasteiger charge is 2.39. The van der Waals surface area contributed by atoms with E-state index in [1.54, 1.807) is 24.3 Å². The first kappa shape index (κ1) is 16.0. The van der Waals surface area contributed by atoms with Gasteiger partial charge in [-0.25, -0.2) is 4.79 Å². The standard InChI is InChI=1S/C20H18O4/c21-19(22)20(23,13-14-24-16-9-2-1-3-10-16)18-12-6-8-15-7-4-5-11-17(15)18/h1-12,23H,13-14H2,(H,21,22). The summed E-state index contributed by atoms with van der Waals surface area (Å²) in [6.45, 7) is 0.0933. The van der Waals surface area contributed by atoms with Gasteiger partial charge in [0.1, 0.15) is 5.75 Å². The van der Waals surface area contributed by atoms with Gasteiger partial charge in [-0.05, 0) is 22.9 Å². The summed E-state index contributed by atoms with van der Waals surface area (Å²) in [4.78, 5) is 11.8. The molecule has 0 radical (unpaired) electrons. The number of carboxylic acid groups (broad SMARTS) is 1. The fourth-order valence-corrected chi connectivity index (χ4v) is 2.78.